The Morgan fingerprint density at radius 1 is 0.900 bits per heavy atom. The third-order valence-corrected chi connectivity index (χ3v) is 5.20. The smallest absolute Gasteiger partial charge is 0.275 e. The number of hydrogen-bond donors (Lipinski definition) is 2. The molecule has 0 unspecified atom stereocenters. The van der Waals surface area contributed by atoms with Crippen LogP contribution in [0.5, 0.6) is 5.75 Å². The van der Waals surface area contributed by atoms with Gasteiger partial charge in [0.15, 0.2) is 0 Å². The zero-order valence-corrected chi connectivity index (χ0v) is 17.3. The lowest BCUT2D eigenvalue weighted by molar-refractivity contribution is 0.102. The van der Waals surface area contributed by atoms with Crippen LogP contribution in [0.1, 0.15) is 21.1 Å². The van der Waals surface area contributed by atoms with Crippen LogP contribution in [0.15, 0.2) is 84.2 Å². The fraction of sp³-hybridized carbons (Fsp3) is 0.0833. The Morgan fingerprint density at radius 2 is 1.57 bits per heavy atom. The van der Waals surface area contributed by atoms with Gasteiger partial charge in [0.1, 0.15) is 23.1 Å². The summed E-state index contributed by atoms with van der Waals surface area (Å²) in [6.45, 7) is 2.36. The van der Waals surface area contributed by atoms with Crippen LogP contribution in [0.3, 0.4) is 0 Å². The second-order valence-electron chi connectivity index (χ2n) is 6.75. The van der Waals surface area contributed by atoms with E-state index in [1.54, 1.807) is 5.38 Å². The van der Waals surface area contributed by atoms with Crippen molar-refractivity contribution in [3.8, 4) is 5.75 Å². The molecule has 0 saturated heterocycles. The quantitative estimate of drug-likeness (QED) is 0.387. The molecule has 3 aromatic carbocycles. The topological polar surface area (TPSA) is 63.2 Å². The Bertz CT molecular complexity index is 1110. The maximum absolute atomic E-state index is 12.5. The SMILES string of the molecule is Cc1ccc(OCc2nc(C(=O)Nc3ccc(Nc4ccccc4)cc3)cs2)cc1. The number of amides is 1. The summed E-state index contributed by atoms with van der Waals surface area (Å²) in [4.78, 5) is 16.9. The molecule has 6 heteroatoms. The van der Waals surface area contributed by atoms with Gasteiger partial charge < -0.3 is 15.4 Å². The zero-order chi connectivity index (χ0) is 20.8. The number of para-hydroxylation sites is 1. The monoisotopic (exact) mass is 415 g/mol. The summed E-state index contributed by atoms with van der Waals surface area (Å²) in [5.41, 5.74) is 4.23. The van der Waals surface area contributed by atoms with Gasteiger partial charge in [-0.3, -0.25) is 4.79 Å². The average Bonchev–Trinajstić information content (AvgIpc) is 3.25. The molecule has 4 aromatic rings. The molecule has 0 saturated carbocycles. The van der Waals surface area contributed by atoms with Crippen LogP contribution < -0.4 is 15.4 Å². The molecule has 0 aliphatic heterocycles. The van der Waals surface area contributed by atoms with Gasteiger partial charge in [0.05, 0.1) is 0 Å². The van der Waals surface area contributed by atoms with E-state index in [0.29, 0.717) is 18.0 Å². The second-order valence-corrected chi connectivity index (χ2v) is 7.69. The van der Waals surface area contributed by atoms with E-state index in [1.807, 2.05) is 85.8 Å². The minimum Gasteiger partial charge on any atom is -0.486 e. The maximum Gasteiger partial charge on any atom is 0.275 e. The van der Waals surface area contributed by atoms with E-state index in [4.69, 9.17) is 4.74 Å². The van der Waals surface area contributed by atoms with Crippen molar-refractivity contribution in [3.63, 3.8) is 0 Å². The summed E-state index contributed by atoms with van der Waals surface area (Å²) in [5.74, 6) is 0.544. The highest BCUT2D eigenvalue weighted by Gasteiger charge is 2.11. The molecule has 5 nitrogen and oxygen atoms in total. The van der Waals surface area contributed by atoms with E-state index in [-0.39, 0.29) is 5.91 Å². The van der Waals surface area contributed by atoms with E-state index in [1.165, 1.54) is 16.9 Å². The fourth-order valence-electron chi connectivity index (χ4n) is 2.78. The van der Waals surface area contributed by atoms with Gasteiger partial charge >= 0.3 is 0 Å². The molecule has 1 amide bonds. The van der Waals surface area contributed by atoms with Crippen molar-refractivity contribution < 1.29 is 9.53 Å². The molecule has 0 aliphatic carbocycles. The predicted molar refractivity (Wildman–Crippen MR) is 122 cm³/mol. The number of rotatable bonds is 7. The lowest BCUT2D eigenvalue weighted by atomic mass is 10.2. The van der Waals surface area contributed by atoms with Crippen molar-refractivity contribution in [3.05, 3.63) is 101 Å². The van der Waals surface area contributed by atoms with Gasteiger partial charge in [0.25, 0.3) is 5.91 Å². The predicted octanol–water partition coefficient (Wildman–Crippen LogP) is 6.03. The zero-order valence-electron chi connectivity index (χ0n) is 16.5. The Kier molecular flexibility index (Phi) is 6.06. The van der Waals surface area contributed by atoms with Crippen molar-refractivity contribution in [2.75, 3.05) is 10.6 Å². The van der Waals surface area contributed by atoms with E-state index < -0.39 is 0 Å². The Morgan fingerprint density at radius 3 is 2.30 bits per heavy atom. The van der Waals surface area contributed by atoms with Crippen molar-refractivity contribution in [1.82, 2.24) is 4.98 Å². The highest BCUT2D eigenvalue weighted by atomic mass is 32.1. The van der Waals surface area contributed by atoms with E-state index in [2.05, 4.69) is 15.6 Å². The first kappa shape index (κ1) is 19.7. The summed E-state index contributed by atoms with van der Waals surface area (Å²) in [7, 11) is 0. The molecule has 0 fully saturated rings. The van der Waals surface area contributed by atoms with Gasteiger partial charge in [-0.2, -0.15) is 0 Å². The first-order chi connectivity index (χ1) is 14.7. The van der Waals surface area contributed by atoms with Gasteiger partial charge in [0, 0.05) is 22.4 Å². The number of hydrogen-bond acceptors (Lipinski definition) is 5. The van der Waals surface area contributed by atoms with Crippen LogP contribution in [0.4, 0.5) is 17.1 Å². The molecular weight excluding hydrogens is 394 g/mol. The largest absolute Gasteiger partial charge is 0.486 e. The van der Waals surface area contributed by atoms with Crippen LogP contribution >= 0.6 is 11.3 Å². The maximum atomic E-state index is 12.5. The normalized spacial score (nSPS) is 10.4. The van der Waals surface area contributed by atoms with Crippen molar-refractivity contribution in [2.24, 2.45) is 0 Å². The minimum atomic E-state index is -0.239. The van der Waals surface area contributed by atoms with Gasteiger partial charge in [-0.1, -0.05) is 35.9 Å². The number of aromatic nitrogens is 1. The van der Waals surface area contributed by atoms with Crippen LogP contribution in [0, 0.1) is 6.92 Å². The number of aryl methyl sites for hydroxylation is 1. The first-order valence-corrected chi connectivity index (χ1v) is 10.4. The highest BCUT2D eigenvalue weighted by molar-refractivity contribution is 7.09. The van der Waals surface area contributed by atoms with E-state index in [0.717, 1.165) is 22.1 Å². The number of thiazole rings is 1. The van der Waals surface area contributed by atoms with Gasteiger partial charge in [-0.25, -0.2) is 4.98 Å². The molecule has 0 atom stereocenters. The Balaban J connectivity index is 1.32. The summed E-state index contributed by atoms with van der Waals surface area (Å²) in [6.07, 6.45) is 0. The van der Waals surface area contributed by atoms with Gasteiger partial charge in [-0.15, -0.1) is 11.3 Å². The average molecular weight is 416 g/mol. The third-order valence-electron chi connectivity index (χ3n) is 4.37. The molecule has 4 rings (SSSR count). The van der Waals surface area contributed by atoms with Gasteiger partial charge in [-0.05, 0) is 55.5 Å². The number of carbonyl (C=O) groups excluding carboxylic acids is 1. The van der Waals surface area contributed by atoms with E-state index in [9.17, 15) is 4.79 Å². The molecule has 1 aromatic heterocycles. The van der Waals surface area contributed by atoms with Crippen molar-refractivity contribution in [2.45, 2.75) is 13.5 Å². The van der Waals surface area contributed by atoms with Crippen LogP contribution in [0.2, 0.25) is 0 Å². The number of nitrogens with zero attached hydrogens (tertiary/aromatic N) is 1. The van der Waals surface area contributed by atoms with Crippen molar-refractivity contribution >= 4 is 34.3 Å². The molecule has 1 heterocycles. The number of carbonyl (C=O) groups is 1. The minimum absolute atomic E-state index is 0.239. The standard InChI is InChI=1S/C24H21N3O2S/c1-17-7-13-21(14-8-17)29-15-23-27-22(16-30-23)24(28)26-20-11-9-19(10-12-20)25-18-5-3-2-4-6-18/h2-14,16,25H,15H2,1H3,(H,26,28). The summed E-state index contributed by atoms with van der Waals surface area (Å²) < 4.78 is 5.73. The molecule has 0 radical (unpaired) electrons. The first-order valence-electron chi connectivity index (χ1n) is 9.53. The Hall–Kier alpha value is -3.64. The molecule has 150 valence electrons. The van der Waals surface area contributed by atoms with Crippen LogP contribution in [0.25, 0.3) is 0 Å². The summed E-state index contributed by atoms with van der Waals surface area (Å²) in [6, 6.07) is 25.3. The molecular formula is C24H21N3O2S. The number of ether oxygens (including phenoxy) is 1. The van der Waals surface area contributed by atoms with Crippen LogP contribution in [-0.2, 0) is 6.61 Å². The third kappa shape index (κ3) is 5.24. The molecule has 0 aliphatic rings. The lowest BCUT2D eigenvalue weighted by Gasteiger charge is -2.08. The second kappa shape index (κ2) is 9.24. The molecule has 0 spiro atoms. The summed E-state index contributed by atoms with van der Waals surface area (Å²) >= 11 is 1.41. The summed E-state index contributed by atoms with van der Waals surface area (Å²) in [5, 5.41) is 8.69. The lowest BCUT2D eigenvalue weighted by Crippen LogP contribution is -2.12. The Labute approximate surface area is 179 Å². The molecule has 0 bridgehead atoms. The molecule has 2 N–H and O–H groups in total. The highest BCUT2D eigenvalue weighted by Crippen LogP contribution is 2.20. The van der Waals surface area contributed by atoms with Crippen LogP contribution in [-0.4, -0.2) is 10.9 Å². The number of anilines is 3. The number of benzene rings is 3. The van der Waals surface area contributed by atoms with Gasteiger partial charge in [0.2, 0.25) is 0 Å². The molecule has 30 heavy (non-hydrogen) atoms. The van der Waals surface area contributed by atoms with Crippen molar-refractivity contribution in [1.29, 1.82) is 0 Å². The number of nitrogens with one attached hydrogen (secondary N) is 2. The van der Waals surface area contributed by atoms with E-state index >= 15 is 0 Å². The fourth-order valence-corrected chi connectivity index (χ4v) is 3.47.